The molecule has 0 saturated heterocycles. The van der Waals surface area contributed by atoms with Gasteiger partial charge in [-0.2, -0.15) is 0 Å². The maximum Gasteiger partial charge on any atom is 0.231 e. The molecule has 0 unspecified atom stereocenters. The zero-order valence-corrected chi connectivity index (χ0v) is 12.3. The topological polar surface area (TPSA) is 67.8 Å². The maximum absolute atomic E-state index is 12.0. The van der Waals surface area contributed by atoms with E-state index >= 15 is 0 Å². The Morgan fingerprint density at radius 2 is 2.00 bits per heavy atom. The number of ether oxygens (including phenoxy) is 2. The van der Waals surface area contributed by atoms with Gasteiger partial charge in [-0.3, -0.25) is 4.79 Å². The van der Waals surface area contributed by atoms with Crippen molar-refractivity contribution in [3.8, 4) is 17.2 Å². The highest BCUT2D eigenvalue weighted by Crippen LogP contribution is 2.32. The van der Waals surface area contributed by atoms with E-state index in [1.165, 1.54) is 0 Å². The first-order valence-electron chi connectivity index (χ1n) is 7.10. The van der Waals surface area contributed by atoms with Crippen LogP contribution in [0.4, 0.5) is 5.69 Å². The summed E-state index contributed by atoms with van der Waals surface area (Å²) in [4.78, 5) is 12.0. The molecule has 3 rings (SSSR count). The van der Waals surface area contributed by atoms with E-state index in [0.717, 1.165) is 16.9 Å². The van der Waals surface area contributed by atoms with Gasteiger partial charge in [0, 0.05) is 6.42 Å². The minimum atomic E-state index is -0.142. The van der Waals surface area contributed by atoms with Gasteiger partial charge in [-0.1, -0.05) is 12.1 Å². The van der Waals surface area contributed by atoms with Crippen LogP contribution >= 0.6 is 0 Å². The molecule has 0 spiro atoms. The van der Waals surface area contributed by atoms with E-state index in [0.29, 0.717) is 24.3 Å². The summed E-state index contributed by atoms with van der Waals surface area (Å²) >= 11 is 0. The Kier molecular flexibility index (Phi) is 3.87. The van der Waals surface area contributed by atoms with E-state index in [4.69, 9.17) is 9.47 Å². The smallest absolute Gasteiger partial charge is 0.231 e. The normalized spacial score (nSPS) is 12.2. The number of hydrogen-bond donors (Lipinski definition) is 2. The van der Waals surface area contributed by atoms with Gasteiger partial charge in [0.05, 0.1) is 5.69 Å². The molecule has 0 aliphatic carbocycles. The molecule has 1 heterocycles. The molecular formula is C17H17NO4. The number of carbonyl (C=O) groups excluding carboxylic acids is 1. The van der Waals surface area contributed by atoms with E-state index in [1.54, 1.807) is 12.1 Å². The molecule has 0 radical (unpaired) electrons. The molecule has 1 aliphatic rings. The predicted molar refractivity (Wildman–Crippen MR) is 82.4 cm³/mol. The molecule has 22 heavy (non-hydrogen) atoms. The average Bonchev–Trinajstić information content (AvgIpc) is 2.95. The minimum absolute atomic E-state index is 0.0800. The number of aryl methyl sites for hydroxylation is 2. The van der Waals surface area contributed by atoms with E-state index in [1.807, 2.05) is 31.2 Å². The van der Waals surface area contributed by atoms with Gasteiger partial charge in [0.15, 0.2) is 11.5 Å². The number of carbonyl (C=O) groups is 1. The summed E-state index contributed by atoms with van der Waals surface area (Å²) in [6.07, 6.45) is 0.919. The van der Waals surface area contributed by atoms with Crippen molar-refractivity contribution in [1.29, 1.82) is 0 Å². The second-order valence-electron chi connectivity index (χ2n) is 5.26. The van der Waals surface area contributed by atoms with E-state index < -0.39 is 0 Å². The van der Waals surface area contributed by atoms with E-state index in [9.17, 15) is 9.90 Å². The molecule has 1 amide bonds. The van der Waals surface area contributed by atoms with Crippen LogP contribution in [0.15, 0.2) is 36.4 Å². The Morgan fingerprint density at radius 3 is 2.82 bits per heavy atom. The van der Waals surface area contributed by atoms with Crippen molar-refractivity contribution in [1.82, 2.24) is 0 Å². The molecule has 5 heteroatoms. The Labute approximate surface area is 128 Å². The molecule has 0 saturated carbocycles. The third kappa shape index (κ3) is 3.14. The first-order chi connectivity index (χ1) is 10.6. The number of hydrogen-bond acceptors (Lipinski definition) is 4. The highest BCUT2D eigenvalue weighted by atomic mass is 16.7. The van der Waals surface area contributed by atoms with Crippen molar-refractivity contribution in [3.05, 3.63) is 47.5 Å². The number of phenols is 1. The summed E-state index contributed by atoms with van der Waals surface area (Å²) in [5.41, 5.74) is 2.38. The monoisotopic (exact) mass is 299 g/mol. The number of phenolic OH excluding ortho intramolecular Hbond substituents is 1. The molecule has 5 nitrogen and oxygen atoms in total. The fourth-order valence-corrected chi connectivity index (χ4v) is 2.31. The number of nitrogens with one attached hydrogen (secondary N) is 1. The first-order valence-corrected chi connectivity index (χ1v) is 7.10. The van der Waals surface area contributed by atoms with Crippen molar-refractivity contribution in [3.63, 3.8) is 0 Å². The molecule has 114 valence electrons. The van der Waals surface area contributed by atoms with Gasteiger partial charge in [0.2, 0.25) is 12.7 Å². The van der Waals surface area contributed by atoms with Gasteiger partial charge >= 0.3 is 0 Å². The van der Waals surface area contributed by atoms with Gasteiger partial charge in [0.25, 0.3) is 0 Å². The Morgan fingerprint density at radius 1 is 1.18 bits per heavy atom. The molecule has 0 atom stereocenters. The molecule has 2 aromatic rings. The lowest BCUT2D eigenvalue weighted by Crippen LogP contribution is -2.12. The lowest BCUT2D eigenvalue weighted by atomic mass is 10.1. The number of benzene rings is 2. The van der Waals surface area contributed by atoms with Crippen molar-refractivity contribution in [2.24, 2.45) is 0 Å². The van der Waals surface area contributed by atoms with Crippen LogP contribution in [0.5, 0.6) is 17.2 Å². The van der Waals surface area contributed by atoms with Crippen LogP contribution in [-0.2, 0) is 11.2 Å². The van der Waals surface area contributed by atoms with Gasteiger partial charge in [-0.15, -0.1) is 0 Å². The van der Waals surface area contributed by atoms with Gasteiger partial charge in [-0.25, -0.2) is 0 Å². The molecule has 0 fully saturated rings. The average molecular weight is 299 g/mol. The van der Waals surface area contributed by atoms with Crippen LogP contribution in [0.25, 0.3) is 0 Å². The van der Waals surface area contributed by atoms with Crippen LogP contribution in [-0.4, -0.2) is 17.8 Å². The Bertz CT molecular complexity index is 712. The number of anilines is 1. The third-order valence-electron chi connectivity index (χ3n) is 3.51. The number of amides is 1. The Hall–Kier alpha value is -2.69. The van der Waals surface area contributed by atoms with Crippen molar-refractivity contribution in [2.75, 3.05) is 12.1 Å². The summed E-state index contributed by atoms with van der Waals surface area (Å²) in [5.74, 6) is 1.39. The summed E-state index contributed by atoms with van der Waals surface area (Å²) in [6.45, 7) is 2.12. The standard InChI is InChI=1S/C17H17NO4/c1-11-2-5-13(14(19)8-11)18-17(20)7-4-12-3-6-15-16(9-12)22-10-21-15/h2-3,5-6,8-9,19H,4,7,10H2,1H3,(H,18,20). The van der Waals surface area contributed by atoms with Crippen LogP contribution in [0, 0.1) is 6.92 Å². The third-order valence-corrected chi connectivity index (χ3v) is 3.51. The van der Waals surface area contributed by atoms with Crippen molar-refractivity contribution < 1.29 is 19.4 Å². The van der Waals surface area contributed by atoms with Crippen molar-refractivity contribution in [2.45, 2.75) is 19.8 Å². The minimum Gasteiger partial charge on any atom is -0.506 e. The van der Waals surface area contributed by atoms with Gasteiger partial charge in [0.1, 0.15) is 5.75 Å². The van der Waals surface area contributed by atoms with Crippen LogP contribution < -0.4 is 14.8 Å². The van der Waals surface area contributed by atoms with Gasteiger partial charge in [-0.05, 0) is 48.7 Å². The maximum atomic E-state index is 12.0. The largest absolute Gasteiger partial charge is 0.506 e. The molecular weight excluding hydrogens is 282 g/mol. The highest BCUT2D eigenvalue weighted by Gasteiger charge is 2.14. The predicted octanol–water partition coefficient (Wildman–Crippen LogP) is 3.00. The quantitative estimate of drug-likeness (QED) is 0.852. The fraction of sp³-hybridized carbons (Fsp3) is 0.235. The van der Waals surface area contributed by atoms with Crippen LogP contribution in [0.2, 0.25) is 0 Å². The van der Waals surface area contributed by atoms with E-state index in [-0.39, 0.29) is 18.4 Å². The van der Waals surface area contributed by atoms with Crippen LogP contribution in [0.3, 0.4) is 0 Å². The zero-order chi connectivity index (χ0) is 15.5. The summed E-state index contributed by atoms with van der Waals surface area (Å²) in [5, 5.41) is 12.5. The summed E-state index contributed by atoms with van der Waals surface area (Å²) in [6, 6.07) is 10.8. The highest BCUT2D eigenvalue weighted by molar-refractivity contribution is 5.92. The van der Waals surface area contributed by atoms with E-state index in [2.05, 4.69) is 5.32 Å². The second kappa shape index (κ2) is 5.97. The molecule has 2 N–H and O–H groups in total. The first kappa shape index (κ1) is 14.3. The molecule has 1 aliphatic heterocycles. The number of aromatic hydroxyl groups is 1. The van der Waals surface area contributed by atoms with Gasteiger partial charge < -0.3 is 19.9 Å². The second-order valence-corrected chi connectivity index (χ2v) is 5.26. The van der Waals surface area contributed by atoms with Crippen LogP contribution in [0.1, 0.15) is 17.5 Å². The SMILES string of the molecule is Cc1ccc(NC(=O)CCc2ccc3c(c2)OCO3)c(O)c1. The lowest BCUT2D eigenvalue weighted by molar-refractivity contribution is -0.116. The fourth-order valence-electron chi connectivity index (χ4n) is 2.31. The number of fused-ring (bicyclic) bond motifs is 1. The Balaban J connectivity index is 1.58. The summed E-state index contributed by atoms with van der Waals surface area (Å²) in [7, 11) is 0. The lowest BCUT2D eigenvalue weighted by Gasteiger charge is -2.08. The molecule has 0 aromatic heterocycles. The summed E-state index contributed by atoms with van der Waals surface area (Å²) < 4.78 is 10.6. The zero-order valence-electron chi connectivity index (χ0n) is 12.3. The molecule has 0 bridgehead atoms. The number of rotatable bonds is 4. The molecule has 2 aromatic carbocycles. The van der Waals surface area contributed by atoms with Crippen molar-refractivity contribution >= 4 is 11.6 Å².